The van der Waals surface area contributed by atoms with Gasteiger partial charge in [-0.2, -0.15) is 4.98 Å². The van der Waals surface area contributed by atoms with E-state index in [-0.39, 0.29) is 24.5 Å². The van der Waals surface area contributed by atoms with Crippen LogP contribution in [0.1, 0.15) is 19.4 Å². The van der Waals surface area contributed by atoms with Crippen molar-refractivity contribution in [1.82, 2.24) is 9.97 Å². The Labute approximate surface area is 172 Å². The fourth-order valence-corrected chi connectivity index (χ4v) is 4.36. The van der Waals surface area contributed by atoms with Crippen LogP contribution in [0, 0.1) is 0 Å². The fourth-order valence-electron chi connectivity index (χ4n) is 2.51. The lowest BCUT2D eigenvalue weighted by molar-refractivity contribution is 0.229. The van der Waals surface area contributed by atoms with Crippen molar-refractivity contribution in [2.45, 2.75) is 20.4 Å². The first-order valence-corrected chi connectivity index (χ1v) is 11.2. The Morgan fingerprint density at radius 2 is 1.86 bits per heavy atom. The molecule has 3 aromatic rings. The summed E-state index contributed by atoms with van der Waals surface area (Å²) in [4.78, 5) is 8.55. The number of benzene rings is 1. The Bertz CT molecular complexity index is 938. The molecule has 9 heteroatoms. The highest BCUT2D eigenvalue weighted by atomic mass is 79.9. The summed E-state index contributed by atoms with van der Waals surface area (Å²) in [5, 5.41) is 3.14. The van der Waals surface area contributed by atoms with E-state index in [4.69, 9.17) is 13.5 Å². The van der Waals surface area contributed by atoms with Gasteiger partial charge in [0.1, 0.15) is 0 Å². The van der Waals surface area contributed by atoms with Crippen molar-refractivity contribution < 1.29 is 18.0 Å². The molecule has 0 amide bonds. The van der Waals surface area contributed by atoms with Gasteiger partial charge in [0.25, 0.3) is 0 Å². The Kier molecular flexibility index (Phi) is 7.02. The average Bonchev–Trinajstić information content (AvgIpc) is 3.13. The zero-order valence-corrected chi connectivity index (χ0v) is 18.1. The molecule has 0 unspecified atom stereocenters. The maximum Gasteiger partial charge on any atom is 0.385 e. The molecule has 148 valence electrons. The first-order valence-electron chi connectivity index (χ1n) is 8.85. The summed E-state index contributed by atoms with van der Waals surface area (Å²) >= 11 is 3.41. The van der Waals surface area contributed by atoms with E-state index in [1.807, 2.05) is 36.4 Å². The van der Waals surface area contributed by atoms with Crippen LogP contribution in [0.15, 0.2) is 57.7 Å². The van der Waals surface area contributed by atoms with Gasteiger partial charge >= 0.3 is 7.60 Å². The molecule has 0 aliphatic carbocycles. The molecule has 0 fully saturated rings. The van der Waals surface area contributed by atoms with Crippen LogP contribution in [0.4, 0.5) is 5.88 Å². The number of hydrogen-bond donors (Lipinski definition) is 1. The van der Waals surface area contributed by atoms with Crippen molar-refractivity contribution in [3.05, 3.63) is 58.8 Å². The first-order chi connectivity index (χ1) is 13.6. The van der Waals surface area contributed by atoms with E-state index in [1.54, 1.807) is 26.2 Å². The first kappa shape index (κ1) is 20.7. The second-order valence-corrected chi connectivity index (χ2v) is 8.58. The number of nitrogens with one attached hydrogen (secondary N) is 1. The molecule has 0 bridgehead atoms. The molecule has 0 aliphatic heterocycles. The number of pyridine rings is 1. The number of halogens is 1. The molecule has 0 atom stereocenters. The second-order valence-electron chi connectivity index (χ2n) is 5.73. The van der Waals surface area contributed by atoms with Crippen molar-refractivity contribution in [2.24, 2.45) is 0 Å². The number of hydrogen-bond acceptors (Lipinski definition) is 7. The molecule has 0 radical (unpaired) electrons. The van der Waals surface area contributed by atoms with Gasteiger partial charge in [-0.15, -0.1) is 0 Å². The van der Waals surface area contributed by atoms with Crippen molar-refractivity contribution in [2.75, 3.05) is 18.5 Å². The zero-order chi connectivity index (χ0) is 20.0. The number of anilines is 1. The lowest BCUT2D eigenvalue weighted by atomic mass is 10.2. The van der Waals surface area contributed by atoms with Gasteiger partial charge in [-0.3, -0.25) is 9.55 Å². The van der Waals surface area contributed by atoms with E-state index in [0.29, 0.717) is 12.4 Å². The number of rotatable bonds is 9. The third-order valence-corrected chi connectivity index (χ3v) is 6.28. The Morgan fingerprint density at radius 3 is 2.46 bits per heavy atom. The normalized spacial score (nSPS) is 11.5. The number of oxazole rings is 1. The number of nitrogens with zero attached hydrogens (tertiary/aromatic N) is 2. The average molecular weight is 466 g/mol. The van der Waals surface area contributed by atoms with Crippen LogP contribution < -0.4 is 10.8 Å². The van der Waals surface area contributed by atoms with Crippen LogP contribution in [0.3, 0.4) is 0 Å². The SMILES string of the molecule is CCOP(=O)(OCC)c1nc(-c2ccc(Br)cc2)oc1NCc1cccnc1. The molecule has 1 N–H and O–H groups in total. The van der Waals surface area contributed by atoms with E-state index >= 15 is 0 Å². The van der Waals surface area contributed by atoms with Gasteiger partial charge < -0.3 is 18.8 Å². The third-order valence-electron chi connectivity index (χ3n) is 3.73. The van der Waals surface area contributed by atoms with E-state index in [0.717, 1.165) is 15.6 Å². The molecule has 28 heavy (non-hydrogen) atoms. The summed E-state index contributed by atoms with van der Waals surface area (Å²) in [5.74, 6) is 0.586. The summed E-state index contributed by atoms with van der Waals surface area (Å²) in [7, 11) is -3.63. The van der Waals surface area contributed by atoms with Gasteiger partial charge in [-0.05, 0) is 49.7 Å². The van der Waals surface area contributed by atoms with Crippen LogP contribution >= 0.6 is 23.5 Å². The van der Waals surface area contributed by atoms with Crippen molar-refractivity contribution in [3.8, 4) is 11.5 Å². The maximum absolute atomic E-state index is 13.3. The van der Waals surface area contributed by atoms with E-state index in [2.05, 4.69) is 31.2 Å². The molecule has 7 nitrogen and oxygen atoms in total. The van der Waals surface area contributed by atoms with Crippen molar-refractivity contribution in [1.29, 1.82) is 0 Å². The van der Waals surface area contributed by atoms with Crippen LogP contribution in [0.5, 0.6) is 0 Å². The summed E-state index contributed by atoms with van der Waals surface area (Å²) in [5.41, 5.74) is 1.83. The highest BCUT2D eigenvalue weighted by Gasteiger charge is 2.35. The highest BCUT2D eigenvalue weighted by Crippen LogP contribution is 2.49. The maximum atomic E-state index is 13.3. The lowest BCUT2D eigenvalue weighted by Crippen LogP contribution is -2.16. The molecule has 0 spiro atoms. The quantitative estimate of drug-likeness (QED) is 0.444. The smallest absolute Gasteiger partial charge is 0.385 e. The minimum absolute atomic E-state index is 0.137. The van der Waals surface area contributed by atoms with E-state index < -0.39 is 7.60 Å². The minimum atomic E-state index is -3.63. The van der Waals surface area contributed by atoms with Gasteiger partial charge in [0.2, 0.25) is 17.2 Å². The summed E-state index contributed by atoms with van der Waals surface area (Å²) in [6, 6.07) is 11.3. The van der Waals surface area contributed by atoms with Crippen molar-refractivity contribution in [3.63, 3.8) is 0 Å². The van der Waals surface area contributed by atoms with E-state index in [9.17, 15) is 4.57 Å². The molecule has 2 aromatic heterocycles. The Balaban J connectivity index is 1.99. The minimum Gasteiger partial charge on any atom is -0.420 e. The molecular weight excluding hydrogens is 445 g/mol. The topological polar surface area (TPSA) is 86.5 Å². The van der Waals surface area contributed by atoms with Gasteiger partial charge in [0.15, 0.2) is 0 Å². The third kappa shape index (κ3) is 4.89. The summed E-state index contributed by atoms with van der Waals surface area (Å²) in [6.45, 7) is 4.38. The van der Waals surface area contributed by atoms with Crippen LogP contribution in [-0.2, 0) is 20.2 Å². The van der Waals surface area contributed by atoms with Gasteiger partial charge in [0, 0.05) is 29.0 Å². The predicted molar refractivity (Wildman–Crippen MR) is 112 cm³/mol. The summed E-state index contributed by atoms with van der Waals surface area (Å²) < 4.78 is 31.1. The molecule has 0 saturated heterocycles. The Morgan fingerprint density at radius 1 is 1.14 bits per heavy atom. The molecule has 2 heterocycles. The largest absolute Gasteiger partial charge is 0.420 e. The van der Waals surface area contributed by atoms with E-state index in [1.165, 1.54) is 0 Å². The van der Waals surface area contributed by atoms with Crippen LogP contribution in [0.25, 0.3) is 11.5 Å². The number of aromatic nitrogens is 2. The zero-order valence-electron chi connectivity index (χ0n) is 15.6. The molecule has 1 aromatic carbocycles. The molecule has 0 aliphatic rings. The van der Waals surface area contributed by atoms with Gasteiger partial charge in [0.05, 0.1) is 13.2 Å². The summed E-state index contributed by atoms with van der Waals surface area (Å²) in [6.07, 6.45) is 3.44. The van der Waals surface area contributed by atoms with Crippen LogP contribution in [-0.4, -0.2) is 23.2 Å². The van der Waals surface area contributed by atoms with Gasteiger partial charge in [-0.25, -0.2) is 0 Å². The Hall–Kier alpha value is -1.99. The van der Waals surface area contributed by atoms with Crippen molar-refractivity contribution >= 4 is 34.8 Å². The second kappa shape index (κ2) is 9.47. The lowest BCUT2D eigenvalue weighted by Gasteiger charge is -2.15. The predicted octanol–water partition coefficient (Wildman–Crippen LogP) is 5.00. The fraction of sp³-hybridized carbons (Fsp3) is 0.263. The van der Waals surface area contributed by atoms with Gasteiger partial charge in [-0.1, -0.05) is 22.0 Å². The monoisotopic (exact) mass is 465 g/mol. The van der Waals surface area contributed by atoms with Crippen LogP contribution in [0.2, 0.25) is 0 Å². The molecule has 3 rings (SSSR count). The highest BCUT2D eigenvalue weighted by molar-refractivity contribution is 9.10. The molecule has 0 saturated carbocycles. The molecular formula is C19H21BrN3O4P. The standard InChI is InChI=1S/C19H21BrN3O4P/c1-3-25-28(24,26-4-2)19-18(22-13-14-6-5-11-21-12-14)27-17(23-19)15-7-9-16(20)10-8-15/h5-12,22H,3-4,13H2,1-2H3.